The summed E-state index contributed by atoms with van der Waals surface area (Å²) >= 11 is 0. The van der Waals surface area contributed by atoms with Crippen molar-refractivity contribution < 1.29 is 5.11 Å². The number of benzene rings is 1. The second-order valence-electron chi connectivity index (χ2n) is 9.40. The van der Waals surface area contributed by atoms with Crippen LogP contribution < -0.4 is 11.5 Å². The number of hydrogen-bond acceptors (Lipinski definition) is 7. The van der Waals surface area contributed by atoms with Crippen LogP contribution >= 0.6 is 0 Å². The van der Waals surface area contributed by atoms with E-state index in [0.717, 1.165) is 52.3 Å². The average molecular weight is 466 g/mol. The molecule has 1 aliphatic rings. The van der Waals surface area contributed by atoms with Crippen LogP contribution in [0.15, 0.2) is 67.4 Å². The predicted molar refractivity (Wildman–Crippen MR) is 137 cm³/mol. The van der Waals surface area contributed by atoms with Gasteiger partial charge in [-0.05, 0) is 61.4 Å². The Morgan fingerprint density at radius 3 is 2.80 bits per heavy atom. The molecule has 0 aliphatic heterocycles. The number of aromatic nitrogens is 5. The minimum absolute atomic E-state index is 0.200. The molecule has 1 aromatic carbocycles. The summed E-state index contributed by atoms with van der Waals surface area (Å²) < 4.78 is 2.14. The van der Waals surface area contributed by atoms with Gasteiger partial charge in [-0.25, -0.2) is 15.0 Å². The number of nitrogens with two attached hydrogens (primary N) is 2. The number of hydrogen-bond donors (Lipinski definition) is 3. The van der Waals surface area contributed by atoms with Crippen molar-refractivity contribution in [3.05, 3.63) is 72.9 Å². The Morgan fingerprint density at radius 1 is 1.03 bits per heavy atom. The number of aliphatic hydroxyl groups excluding tert-OH is 1. The number of pyridine rings is 2. The van der Waals surface area contributed by atoms with Gasteiger partial charge in [0.2, 0.25) is 0 Å². The summed E-state index contributed by atoms with van der Waals surface area (Å²) in [6, 6.07) is 14.5. The van der Waals surface area contributed by atoms with E-state index in [4.69, 9.17) is 11.5 Å². The van der Waals surface area contributed by atoms with Gasteiger partial charge in [-0.1, -0.05) is 18.2 Å². The molecule has 0 bridgehead atoms. The van der Waals surface area contributed by atoms with E-state index in [1.54, 1.807) is 12.4 Å². The number of anilines is 2. The minimum Gasteiger partial charge on any atom is -0.393 e. The van der Waals surface area contributed by atoms with Crippen LogP contribution in [0.5, 0.6) is 0 Å². The van der Waals surface area contributed by atoms with Crippen molar-refractivity contribution in [1.29, 1.82) is 0 Å². The smallest absolute Gasteiger partial charge is 0.145 e. The highest BCUT2D eigenvalue weighted by Gasteiger charge is 2.34. The maximum absolute atomic E-state index is 10.8. The normalized spacial score (nSPS) is 20.1. The first-order valence-electron chi connectivity index (χ1n) is 11.9. The van der Waals surface area contributed by atoms with E-state index in [-0.39, 0.29) is 18.1 Å². The van der Waals surface area contributed by atoms with Gasteiger partial charge >= 0.3 is 0 Å². The Morgan fingerprint density at radius 2 is 1.94 bits per heavy atom. The fourth-order valence-corrected chi connectivity index (χ4v) is 5.38. The average Bonchev–Trinajstić information content (AvgIpc) is 3.47. The van der Waals surface area contributed by atoms with Crippen LogP contribution in [0.3, 0.4) is 0 Å². The summed E-state index contributed by atoms with van der Waals surface area (Å²) in [5.41, 5.74) is 17.0. The number of fused-ring (bicyclic) bond motifs is 2. The molecule has 5 N–H and O–H groups in total. The third-order valence-electron chi connectivity index (χ3n) is 7.25. The van der Waals surface area contributed by atoms with Crippen molar-refractivity contribution in [2.75, 3.05) is 11.5 Å². The van der Waals surface area contributed by atoms with Crippen molar-refractivity contribution in [3.63, 3.8) is 0 Å². The van der Waals surface area contributed by atoms with Gasteiger partial charge in [0.05, 0.1) is 17.0 Å². The maximum Gasteiger partial charge on any atom is 0.145 e. The SMILES string of the molecule is Nc1nc2cc(CCC3CC(n4ccc5c(N)ncnc54)C[C@@H]3O)ccc2cc1-c1cccnc1. The van der Waals surface area contributed by atoms with Crippen molar-refractivity contribution >= 4 is 33.6 Å². The zero-order valence-corrected chi connectivity index (χ0v) is 19.2. The topological polar surface area (TPSA) is 129 Å². The molecule has 1 saturated carbocycles. The number of aliphatic hydroxyl groups is 1. The first kappa shape index (κ1) is 21.5. The number of rotatable bonds is 5. The molecule has 0 spiro atoms. The van der Waals surface area contributed by atoms with E-state index in [0.29, 0.717) is 18.1 Å². The molecule has 35 heavy (non-hydrogen) atoms. The van der Waals surface area contributed by atoms with Crippen LogP contribution in [-0.4, -0.2) is 35.7 Å². The summed E-state index contributed by atoms with van der Waals surface area (Å²) in [6.45, 7) is 0. The molecule has 4 aromatic heterocycles. The Bertz CT molecular complexity index is 1510. The lowest BCUT2D eigenvalue weighted by Crippen LogP contribution is -2.13. The molecule has 176 valence electrons. The zero-order chi connectivity index (χ0) is 23.9. The molecule has 2 unspecified atom stereocenters. The van der Waals surface area contributed by atoms with Crippen LogP contribution in [0.2, 0.25) is 0 Å². The fraction of sp³-hybridized carbons (Fsp3) is 0.259. The van der Waals surface area contributed by atoms with Crippen molar-refractivity contribution in [3.8, 4) is 11.1 Å². The molecule has 8 nitrogen and oxygen atoms in total. The first-order chi connectivity index (χ1) is 17.1. The third kappa shape index (κ3) is 3.95. The molecule has 6 rings (SSSR count). The lowest BCUT2D eigenvalue weighted by Gasteiger charge is -2.15. The van der Waals surface area contributed by atoms with Gasteiger partial charge < -0.3 is 21.1 Å². The zero-order valence-electron chi connectivity index (χ0n) is 19.2. The third-order valence-corrected chi connectivity index (χ3v) is 7.25. The highest BCUT2D eigenvalue weighted by atomic mass is 16.3. The number of nitrogen functional groups attached to an aromatic ring is 2. The first-order valence-corrected chi connectivity index (χ1v) is 11.9. The van der Waals surface area contributed by atoms with E-state index >= 15 is 0 Å². The van der Waals surface area contributed by atoms with E-state index < -0.39 is 0 Å². The largest absolute Gasteiger partial charge is 0.393 e. The minimum atomic E-state index is -0.340. The Labute approximate surface area is 202 Å². The molecule has 3 atom stereocenters. The molecule has 1 aliphatic carbocycles. The monoisotopic (exact) mass is 465 g/mol. The second kappa shape index (κ2) is 8.63. The van der Waals surface area contributed by atoms with Crippen LogP contribution in [0.4, 0.5) is 11.6 Å². The van der Waals surface area contributed by atoms with Crippen LogP contribution in [0.1, 0.15) is 30.9 Å². The highest BCUT2D eigenvalue weighted by Crippen LogP contribution is 2.39. The summed E-state index contributed by atoms with van der Waals surface area (Å²) in [7, 11) is 0. The van der Waals surface area contributed by atoms with Gasteiger partial charge in [0.1, 0.15) is 23.6 Å². The molecular formula is C27H27N7O. The quantitative estimate of drug-likeness (QED) is 0.356. The molecule has 1 fully saturated rings. The van der Waals surface area contributed by atoms with Gasteiger partial charge in [-0.3, -0.25) is 4.98 Å². The second-order valence-corrected chi connectivity index (χ2v) is 9.40. The number of nitrogens with zero attached hydrogens (tertiary/aromatic N) is 5. The van der Waals surface area contributed by atoms with Crippen molar-refractivity contribution in [2.45, 2.75) is 37.8 Å². The summed E-state index contributed by atoms with van der Waals surface area (Å²) in [6.07, 6.45) is 10.1. The van der Waals surface area contributed by atoms with E-state index in [1.807, 2.05) is 24.4 Å². The van der Waals surface area contributed by atoms with Gasteiger partial charge in [0.25, 0.3) is 0 Å². The predicted octanol–water partition coefficient (Wildman–Crippen LogP) is 4.15. The molecule has 8 heteroatoms. The van der Waals surface area contributed by atoms with Crippen LogP contribution in [-0.2, 0) is 6.42 Å². The standard InChI is InChI=1S/C27H27N7O/c28-25-21-7-9-34(27(21)32-15-31-25)20-11-18(24(35)13-20)6-4-16-3-5-17-12-22(19-2-1-8-30-14-19)26(29)33-23(17)10-16/h1-3,5,7-10,12,14-15,18,20,24,35H,4,6,11,13H2,(H2,29,33)(H2,28,31,32)/t18?,20?,24-/m0/s1. The van der Waals surface area contributed by atoms with E-state index in [1.165, 1.54) is 11.9 Å². The molecule has 0 saturated heterocycles. The summed E-state index contributed by atoms with van der Waals surface area (Å²) in [4.78, 5) is 17.3. The van der Waals surface area contributed by atoms with Gasteiger partial charge in [0, 0.05) is 41.1 Å². The molecule has 5 aromatic rings. The molecule has 0 radical (unpaired) electrons. The van der Waals surface area contributed by atoms with E-state index in [2.05, 4.69) is 48.8 Å². The van der Waals surface area contributed by atoms with Gasteiger partial charge in [-0.15, -0.1) is 0 Å². The lowest BCUT2D eigenvalue weighted by atomic mass is 9.95. The summed E-state index contributed by atoms with van der Waals surface area (Å²) in [5, 5.41) is 12.7. The van der Waals surface area contributed by atoms with Crippen LogP contribution in [0, 0.1) is 5.92 Å². The van der Waals surface area contributed by atoms with Crippen molar-refractivity contribution in [1.82, 2.24) is 24.5 Å². The molecular weight excluding hydrogens is 438 g/mol. The Kier molecular flexibility index (Phi) is 5.30. The van der Waals surface area contributed by atoms with Gasteiger partial charge in [0.15, 0.2) is 0 Å². The van der Waals surface area contributed by atoms with Crippen molar-refractivity contribution in [2.24, 2.45) is 5.92 Å². The van der Waals surface area contributed by atoms with Crippen LogP contribution in [0.25, 0.3) is 33.1 Å². The molecule has 4 heterocycles. The fourth-order valence-electron chi connectivity index (χ4n) is 5.38. The maximum atomic E-state index is 10.8. The molecule has 0 amide bonds. The Hall–Kier alpha value is -4.04. The highest BCUT2D eigenvalue weighted by molar-refractivity contribution is 5.89. The van der Waals surface area contributed by atoms with Gasteiger partial charge in [-0.2, -0.15) is 0 Å². The summed E-state index contributed by atoms with van der Waals surface area (Å²) in [5.74, 6) is 1.21. The van der Waals surface area contributed by atoms with E-state index in [9.17, 15) is 5.11 Å². The number of aryl methyl sites for hydroxylation is 1. The Balaban J connectivity index is 1.17. The lowest BCUT2D eigenvalue weighted by molar-refractivity contribution is 0.127.